The van der Waals surface area contributed by atoms with Crippen LogP contribution >= 0.6 is 0 Å². The monoisotopic (exact) mass is 333 g/mol. The highest BCUT2D eigenvalue weighted by atomic mass is 32.2. The molecule has 9 heteroatoms. The lowest BCUT2D eigenvalue weighted by molar-refractivity contribution is 0.0313. The number of hydrogen-bond donors (Lipinski definition) is 1. The van der Waals surface area contributed by atoms with E-state index in [9.17, 15) is 13.2 Å². The van der Waals surface area contributed by atoms with E-state index in [1.165, 1.54) is 17.8 Å². The number of aromatic nitrogens is 2. The molecule has 0 spiro atoms. The summed E-state index contributed by atoms with van der Waals surface area (Å²) in [5.41, 5.74) is 1.81. The fourth-order valence-corrected chi connectivity index (χ4v) is 1.85. The average Bonchev–Trinajstić information content (AvgIpc) is 2.82. The zero-order valence-corrected chi connectivity index (χ0v) is 14.4. The van der Waals surface area contributed by atoms with Gasteiger partial charge < -0.3 is 4.18 Å². The summed E-state index contributed by atoms with van der Waals surface area (Å²) in [6.45, 7) is 9.29. The molecule has 126 valence electrons. The van der Waals surface area contributed by atoms with E-state index < -0.39 is 21.6 Å². The second-order valence-electron chi connectivity index (χ2n) is 5.67. The standard InChI is InChI=1S/C13H23N3O5S/c1-6-8-20-15-11(17)10-9-16(13(3,4)5)14-12(10)21-22(18,19)7-2/h9H,6-8H2,1-5H3,(H,15,17). The fourth-order valence-electron chi connectivity index (χ4n) is 1.37. The molecule has 1 amide bonds. The molecule has 0 saturated carbocycles. The van der Waals surface area contributed by atoms with Crippen molar-refractivity contribution in [3.63, 3.8) is 0 Å². The number of hydrogen-bond acceptors (Lipinski definition) is 6. The van der Waals surface area contributed by atoms with Gasteiger partial charge in [-0.2, -0.15) is 8.42 Å². The van der Waals surface area contributed by atoms with Crippen LogP contribution in [0.2, 0.25) is 0 Å². The Morgan fingerprint density at radius 3 is 2.50 bits per heavy atom. The molecule has 0 aliphatic rings. The van der Waals surface area contributed by atoms with Crippen LogP contribution in [0.25, 0.3) is 0 Å². The first-order chi connectivity index (χ1) is 10.1. The Morgan fingerprint density at radius 2 is 2.00 bits per heavy atom. The topological polar surface area (TPSA) is 99.5 Å². The van der Waals surface area contributed by atoms with Gasteiger partial charge in [-0.25, -0.2) is 5.48 Å². The van der Waals surface area contributed by atoms with Crippen molar-refractivity contribution in [3.05, 3.63) is 11.8 Å². The van der Waals surface area contributed by atoms with Gasteiger partial charge in [-0.1, -0.05) is 6.92 Å². The van der Waals surface area contributed by atoms with Crippen LogP contribution in [0.15, 0.2) is 6.20 Å². The van der Waals surface area contributed by atoms with Crippen LogP contribution in [0.5, 0.6) is 5.88 Å². The van der Waals surface area contributed by atoms with Gasteiger partial charge in [0.2, 0.25) is 0 Å². The van der Waals surface area contributed by atoms with Crippen LogP contribution in [0, 0.1) is 0 Å². The minimum Gasteiger partial charge on any atom is -0.359 e. The van der Waals surface area contributed by atoms with E-state index in [0.717, 1.165) is 6.42 Å². The molecule has 1 N–H and O–H groups in total. The highest BCUT2D eigenvalue weighted by molar-refractivity contribution is 7.87. The molecule has 0 unspecified atom stereocenters. The summed E-state index contributed by atoms with van der Waals surface area (Å²) in [6.07, 6.45) is 2.17. The Hall–Kier alpha value is -1.61. The molecule has 1 aromatic heterocycles. The summed E-state index contributed by atoms with van der Waals surface area (Å²) < 4.78 is 29.6. The van der Waals surface area contributed by atoms with E-state index in [4.69, 9.17) is 9.02 Å². The molecular weight excluding hydrogens is 310 g/mol. The molecule has 0 bridgehead atoms. The Bertz CT molecular complexity index is 616. The Kier molecular flexibility index (Phi) is 5.95. The molecule has 8 nitrogen and oxygen atoms in total. The molecule has 1 rings (SSSR count). The van der Waals surface area contributed by atoms with Crippen LogP contribution in [0.3, 0.4) is 0 Å². The quantitative estimate of drug-likeness (QED) is 0.460. The first kappa shape index (κ1) is 18.4. The van der Waals surface area contributed by atoms with Crippen LogP contribution in [-0.2, 0) is 20.5 Å². The number of carbonyl (C=O) groups excluding carboxylic acids is 1. The lowest BCUT2D eigenvalue weighted by atomic mass is 10.1. The van der Waals surface area contributed by atoms with Crippen LogP contribution in [0.1, 0.15) is 51.4 Å². The predicted octanol–water partition coefficient (Wildman–Crippen LogP) is 1.44. The SMILES string of the molecule is CCCONC(=O)c1cn(C(C)(C)C)nc1OS(=O)(=O)CC. The fraction of sp³-hybridized carbons (Fsp3) is 0.692. The lowest BCUT2D eigenvalue weighted by Crippen LogP contribution is -2.25. The van der Waals surface area contributed by atoms with E-state index in [-0.39, 0.29) is 17.2 Å². The highest BCUT2D eigenvalue weighted by Crippen LogP contribution is 2.23. The molecule has 0 aromatic carbocycles. The summed E-state index contributed by atoms with van der Waals surface area (Å²) >= 11 is 0. The number of carbonyl (C=O) groups is 1. The third-order valence-electron chi connectivity index (χ3n) is 2.64. The highest BCUT2D eigenvalue weighted by Gasteiger charge is 2.26. The third kappa shape index (κ3) is 4.99. The van der Waals surface area contributed by atoms with Gasteiger partial charge in [0.1, 0.15) is 5.56 Å². The van der Waals surface area contributed by atoms with Gasteiger partial charge >= 0.3 is 10.1 Å². The van der Waals surface area contributed by atoms with Gasteiger partial charge in [-0.15, -0.1) is 5.10 Å². The van der Waals surface area contributed by atoms with E-state index in [1.807, 2.05) is 27.7 Å². The lowest BCUT2D eigenvalue weighted by Gasteiger charge is -2.18. The van der Waals surface area contributed by atoms with Gasteiger partial charge in [0.15, 0.2) is 0 Å². The van der Waals surface area contributed by atoms with Crippen molar-refractivity contribution in [2.75, 3.05) is 12.4 Å². The van der Waals surface area contributed by atoms with E-state index in [0.29, 0.717) is 6.61 Å². The first-order valence-corrected chi connectivity index (χ1v) is 8.63. The maximum absolute atomic E-state index is 12.1. The summed E-state index contributed by atoms with van der Waals surface area (Å²) in [5.74, 6) is -1.08. The Balaban J connectivity index is 3.12. The van der Waals surface area contributed by atoms with E-state index in [1.54, 1.807) is 0 Å². The average molecular weight is 333 g/mol. The maximum Gasteiger partial charge on any atom is 0.310 e. The van der Waals surface area contributed by atoms with Crippen molar-refractivity contribution >= 4 is 16.0 Å². The molecule has 0 saturated heterocycles. The predicted molar refractivity (Wildman–Crippen MR) is 81.0 cm³/mol. The van der Waals surface area contributed by atoms with Crippen molar-refractivity contribution in [1.29, 1.82) is 0 Å². The van der Waals surface area contributed by atoms with E-state index >= 15 is 0 Å². The Labute approximate surface area is 130 Å². The van der Waals surface area contributed by atoms with Gasteiger partial charge in [-0.3, -0.25) is 14.3 Å². The zero-order chi connectivity index (χ0) is 17.0. The van der Waals surface area contributed by atoms with Crippen molar-refractivity contribution in [3.8, 4) is 5.88 Å². The summed E-state index contributed by atoms with van der Waals surface area (Å²) in [6, 6.07) is 0. The van der Waals surface area contributed by atoms with Crippen LogP contribution in [0.4, 0.5) is 0 Å². The molecule has 0 aliphatic carbocycles. The normalized spacial score (nSPS) is 12.2. The largest absolute Gasteiger partial charge is 0.359 e. The molecular formula is C13H23N3O5S. The number of hydroxylamine groups is 1. The molecule has 0 aliphatic heterocycles. The van der Waals surface area contributed by atoms with Gasteiger partial charge in [-0.05, 0) is 34.1 Å². The number of amides is 1. The van der Waals surface area contributed by atoms with Gasteiger partial charge in [0, 0.05) is 6.20 Å². The minimum absolute atomic E-state index is 0.00283. The summed E-state index contributed by atoms with van der Waals surface area (Å²) in [4.78, 5) is 17.1. The van der Waals surface area contributed by atoms with Crippen LogP contribution < -0.4 is 9.66 Å². The molecule has 0 atom stereocenters. The van der Waals surface area contributed by atoms with Gasteiger partial charge in [0.25, 0.3) is 11.8 Å². The smallest absolute Gasteiger partial charge is 0.310 e. The zero-order valence-electron chi connectivity index (χ0n) is 13.5. The molecule has 1 aromatic rings. The molecule has 0 fully saturated rings. The van der Waals surface area contributed by atoms with Gasteiger partial charge in [0.05, 0.1) is 17.9 Å². The molecule has 0 radical (unpaired) electrons. The van der Waals surface area contributed by atoms with Crippen molar-refractivity contribution < 1.29 is 22.2 Å². The van der Waals surface area contributed by atoms with Crippen LogP contribution in [-0.4, -0.2) is 36.5 Å². The maximum atomic E-state index is 12.1. The minimum atomic E-state index is -3.78. The van der Waals surface area contributed by atoms with E-state index in [2.05, 4.69) is 10.6 Å². The number of nitrogens with one attached hydrogen (secondary N) is 1. The number of nitrogens with zero attached hydrogens (tertiary/aromatic N) is 2. The summed E-state index contributed by atoms with van der Waals surface area (Å²) in [5, 5.41) is 4.06. The van der Waals surface area contributed by atoms with Crippen molar-refractivity contribution in [2.45, 2.75) is 46.6 Å². The molecule has 1 heterocycles. The number of rotatable bonds is 7. The third-order valence-corrected chi connectivity index (χ3v) is 3.76. The first-order valence-electron chi connectivity index (χ1n) is 7.05. The Morgan fingerprint density at radius 1 is 1.36 bits per heavy atom. The second kappa shape index (κ2) is 7.10. The summed E-state index contributed by atoms with van der Waals surface area (Å²) in [7, 11) is -3.78. The van der Waals surface area contributed by atoms with Crippen molar-refractivity contribution in [2.24, 2.45) is 0 Å². The second-order valence-corrected chi connectivity index (χ2v) is 7.53. The molecule has 22 heavy (non-hydrogen) atoms. The van der Waals surface area contributed by atoms with Crippen molar-refractivity contribution in [1.82, 2.24) is 15.3 Å².